The van der Waals surface area contributed by atoms with Gasteiger partial charge in [0.15, 0.2) is 0 Å². The molecule has 0 radical (unpaired) electrons. The fourth-order valence-electron chi connectivity index (χ4n) is 4.83. The van der Waals surface area contributed by atoms with Crippen LogP contribution in [0.15, 0.2) is 29.8 Å². The molecule has 5 nitrogen and oxygen atoms in total. The van der Waals surface area contributed by atoms with E-state index in [1.165, 1.54) is 7.11 Å². The van der Waals surface area contributed by atoms with Gasteiger partial charge in [-0.25, -0.2) is 0 Å². The molecule has 1 aliphatic carbocycles. The SMILES string of the molecule is CC#CCCC(O)C=C(C)C1C(O)CC2Oc3c(CCCC(=O)OC)cccc3C21. The molecule has 5 unspecified atom stereocenters. The average Bonchev–Trinajstić information content (AvgIpc) is 3.22. The molecule has 1 aliphatic heterocycles. The topological polar surface area (TPSA) is 76.0 Å². The lowest BCUT2D eigenvalue weighted by Crippen LogP contribution is -2.21. The molecule has 5 atom stereocenters. The second-order valence-electron chi connectivity index (χ2n) is 8.22. The summed E-state index contributed by atoms with van der Waals surface area (Å²) in [6.45, 7) is 3.78. The van der Waals surface area contributed by atoms with Crippen molar-refractivity contribution >= 4 is 5.97 Å². The van der Waals surface area contributed by atoms with Crippen LogP contribution in [0.5, 0.6) is 5.75 Å². The van der Waals surface area contributed by atoms with Crippen molar-refractivity contribution in [2.45, 2.75) is 76.6 Å². The third-order valence-corrected chi connectivity index (χ3v) is 6.21. The maximum absolute atomic E-state index is 11.4. The molecule has 0 saturated heterocycles. The molecule has 0 bridgehead atoms. The highest BCUT2D eigenvalue weighted by atomic mass is 16.5. The number of esters is 1. The number of carbonyl (C=O) groups is 1. The van der Waals surface area contributed by atoms with Crippen LogP contribution >= 0.6 is 0 Å². The highest BCUT2D eigenvalue weighted by Crippen LogP contribution is 2.53. The van der Waals surface area contributed by atoms with Gasteiger partial charge in [-0.1, -0.05) is 29.8 Å². The highest BCUT2D eigenvalue weighted by Gasteiger charge is 2.50. The Morgan fingerprint density at radius 3 is 2.97 bits per heavy atom. The van der Waals surface area contributed by atoms with Crippen LogP contribution in [0.2, 0.25) is 0 Å². The summed E-state index contributed by atoms with van der Waals surface area (Å²) in [4.78, 5) is 11.4. The molecule has 1 saturated carbocycles. The van der Waals surface area contributed by atoms with E-state index in [1.54, 1.807) is 6.92 Å². The van der Waals surface area contributed by atoms with Crippen LogP contribution in [0.1, 0.15) is 63.0 Å². The monoisotopic (exact) mass is 412 g/mol. The molecule has 2 aliphatic rings. The summed E-state index contributed by atoms with van der Waals surface area (Å²) in [6.07, 6.45) is 4.41. The fraction of sp³-hybridized carbons (Fsp3) is 0.560. The summed E-state index contributed by atoms with van der Waals surface area (Å²) < 4.78 is 11.0. The van der Waals surface area contributed by atoms with Crippen LogP contribution in [-0.4, -0.2) is 41.6 Å². The van der Waals surface area contributed by atoms with E-state index >= 15 is 0 Å². The van der Waals surface area contributed by atoms with Gasteiger partial charge in [0, 0.05) is 36.7 Å². The van der Waals surface area contributed by atoms with Crippen molar-refractivity contribution in [3.05, 3.63) is 41.0 Å². The predicted molar refractivity (Wildman–Crippen MR) is 115 cm³/mol. The van der Waals surface area contributed by atoms with Gasteiger partial charge in [-0.15, -0.1) is 11.8 Å². The van der Waals surface area contributed by atoms with E-state index in [0.29, 0.717) is 32.1 Å². The molecule has 1 aromatic rings. The molecule has 0 aromatic heterocycles. The van der Waals surface area contributed by atoms with Gasteiger partial charge in [-0.3, -0.25) is 4.79 Å². The standard InChI is InChI=1S/C25H32O5/c1-4-5-6-11-18(26)14-16(2)23-20(27)15-21-24(23)19-12-7-9-17(25(19)30-21)10-8-13-22(28)29-3/h7,9,12,14,18,20-21,23-24,26-27H,6,8,10-11,13,15H2,1-3H3. The van der Waals surface area contributed by atoms with Gasteiger partial charge in [-0.05, 0) is 38.7 Å². The van der Waals surface area contributed by atoms with E-state index in [0.717, 1.165) is 28.9 Å². The summed E-state index contributed by atoms with van der Waals surface area (Å²) in [5.41, 5.74) is 3.22. The van der Waals surface area contributed by atoms with Crippen molar-refractivity contribution in [3.8, 4) is 17.6 Å². The van der Waals surface area contributed by atoms with Crippen molar-refractivity contribution in [2.24, 2.45) is 5.92 Å². The van der Waals surface area contributed by atoms with E-state index in [9.17, 15) is 15.0 Å². The number of hydrogen-bond donors (Lipinski definition) is 2. The molecule has 162 valence electrons. The first-order chi connectivity index (χ1) is 14.5. The lowest BCUT2D eigenvalue weighted by molar-refractivity contribution is -0.140. The van der Waals surface area contributed by atoms with Crippen LogP contribution in [-0.2, 0) is 16.0 Å². The van der Waals surface area contributed by atoms with Crippen molar-refractivity contribution in [2.75, 3.05) is 7.11 Å². The maximum atomic E-state index is 11.4. The number of rotatable bonds is 8. The zero-order valence-corrected chi connectivity index (χ0v) is 18.1. The molecule has 1 fully saturated rings. The number of aryl methyl sites for hydroxylation is 1. The molecule has 1 heterocycles. The largest absolute Gasteiger partial charge is 0.489 e. The normalized spacial score (nSPS) is 25.6. The first kappa shape index (κ1) is 22.4. The van der Waals surface area contributed by atoms with E-state index < -0.39 is 12.2 Å². The van der Waals surface area contributed by atoms with Crippen LogP contribution in [0.25, 0.3) is 0 Å². The van der Waals surface area contributed by atoms with Crippen LogP contribution < -0.4 is 4.74 Å². The second kappa shape index (κ2) is 10.1. The Bertz CT molecular complexity index is 847. The summed E-state index contributed by atoms with van der Waals surface area (Å²) >= 11 is 0. The smallest absolute Gasteiger partial charge is 0.305 e. The minimum absolute atomic E-state index is 0.0618. The molecule has 2 N–H and O–H groups in total. The van der Waals surface area contributed by atoms with E-state index in [-0.39, 0.29) is 23.9 Å². The summed E-state index contributed by atoms with van der Waals surface area (Å²) in [5, 5.41) is 21.1. The first-order valence-electron chi connectivity index (χ1n) is 10.8. The number of ether oxygens (including phenoxy) is 2. The Kier molecular flexibility index (Phi) is 7.58. The fourth-order valence-corrected chi connectivity index (χ4v) is 4.83. The van der Waals surface area contributed by atoms with Crippen molar-refractivity contribution in [3.63, 3.8) is 0 Å². The molecule has 30 heavy (non-hydrogen) atoms. The molecule has 0 spiro atoms. The van der Waals surface area contributed by atoms with Gasteiger partial charge in [0.2, 0.25) is 0 Å². The van der Waals surface area contributed by atoms with Crippen molar-refractivity contribution in [1.29, 1.82) is 0 Å². The van der Waals surface area contributed by atoms with Gasteiger partial charge in [0.25, 0.3) is 0 Å². The number of aliphatic hydroxyl groups is 2. The summed E-state index contributed by atoms with van der Waals surface area (Å²) in [5.74, 6) is 6.53. The Labute approximate surface area is 179 Å². The maximum Gasteiger partial charge on any atom is 0.305 e. The second-order valence-corrected chi connectivity index (χ2v) is 8.22. The highest BCUT2D eigenvalue weighted by molar-refractivity contribution is 5.69. The Hall–Kier alpha value is -2.29. The van der Waals surface area contributed by atoms with Gasteiger partial charge >= 0.3 is 5.97 Å². The van der Waals surface area contributed by atoms with Crippen LogP contribution in [0.4, 0.5) is 0 Å². The molecule has 5 heteroatoms. The van der Waals surface area contributed by atoms with E-state index in [2.05, 4.69) is 17.9 Å². The molecular formula is C25H32O5. The zero-order chi connectivity index (χ0) is 21.7. The number of carbonyl (C=O) groups excluding carboxylic acids is 1. The molecule has 1 aromatic carbocycles. The number of fused-ring (bicyclic) bond motifs is 3. The van der Waals surface area contributed by atoms with Gasteiger partial charge in [-0.2, -0.15) is 0 Å². The van der Waals surface area contributed by atoms with Crippen LogP contribution in [0, 0.1) is 17.8 Å². The van der Waals surface area contributed by atoms with Crippen molar-refractivity contribution < 1.29 is 24.5 Å². The minimum Gasteiger partial charge on any atom is -0.489 e. The minimum atomic E-state index is -0.566. The number of hydrogen-bond acceptors (Lipinski definition) is 5. The van der Waals surface area contributed by atoms with Gasteiger partial charge in [0.05, 0.1) is 19.3 Å². The molecule has 0 amide bonds. The number of methoxy groups -OCH3 is 1. The molecular weight excluding hydrogens is 380 g/mol. The van der Waals surface area contributed by atoms with E-state index in [1.807, 2.05) is 25.1 Å². The third-order valence-electron chi connectivity index (χ3n) is 6.21. The van der Waals surface area contributed by atoms with Gasteiger partial charge < -0.3 is 19.7 Å². The van der Waals surface area contributed by atoms with Crippen LogP contribution in [0.3, 0.4) is 0 Å². The molecule has 3 rings (SSSR count). The Balaban J connectivity index is 1.76. The Morgan fingerprint density at radius 1 is 1.43 bits per heavy atom. The predicted octanol–water partition coefficient (Wildman–Crippen LogP) is 3.52. The third kappa shape index (κ3) is 4.88. The first-order valence-corrected chi connectivity index (χ1v) is 10.8. The quantitative estimate of drug-likeness (QED) is 0.388. The van der Waals surface area contributed by atoms with Crippen molar-refractivity contribution in [1.82, 2.24) is 0 Å². The summed E-state index contributed by atoms with van der Waals surface area (Å²) in [6, 6.07) is 6.15. The number of aliphatic hydroxyl groups excluding tert-OH is 2. The number of para-hydroxylation sites is 1. The summed E-state index contributed by atoms with van der Waals surface area (Å²) in [7, 11) is 1.41. The Morgan fingerprint density at radius 2 is 2.23 bits per heavy atom. The average molecular weight is 413 g/mol. The van der Waals surface area contributed by atoms with Gasteiger partial charge in [0.1, 0.15) is 11.9 Å². The zero-order valence-electron chi connectivity index (χ0n) is 18.1. The van der Waals surface area contributed by atoms with E-state index in [4.69, 9.17) is 9.47 Å². The lowest BCUT2D eigenvalue weighted by Gasteiger charge is -2.23. The lowest BCUT2D eigenvalue weighted by atomic mass is 9.82. The number of benzene rings is 1.